The number of rotatable bonds is 3. The van der Waals surface area contributed by atoms with E-state index in [1.165, 1.54) is 6.92 Å². The molecule has 0 heterocycles. The molecule has 78 valence electrons. The van der Waals surface area contributed by atoms with Crippen molar-refractivity contribution in [2.24, 2.45) is 0 Å². The Labute approximate surface area is 86.8 Å². The molecule has 0 fully saturated rings. The van der Waals surface area contributed by atoms with Crippen LogP contribution in [0.2, 0.25) is 0 Å². The second-order valence-corrected chi connectivity index (χ2v) is 2.88. The molecule has 0 atom stereocenters. The first-order valence-corrected chi connectivity index (χ1v) is 4.27. The number of carbonyl (C=O) groups excluding carboxylic acids is 1. The largest absolute Gasteiger partial charge is 0.478 e. The van der Waals surface area contributed by atoms with Gasteiger partial charge in [-0.25, -0.2) is 9.59 Å². The van der Waals surface area contributed by atoms with Crippen molar-refractivity contribution in [2.45, 2.75) is 6.92 Å². The fourth-order valence-electron chi connectivity index (χ4n) is 0.835. The molecule has 0 saturated carbocycles. The van der Waals surface area contributed by atoms with E-state index in [1.54, 1.807) is 30.3 Å². The highest BCUT2D eigenvalue weighted by molar-refractivity contribution is 5.91. The molecular weight excluding hydrogens is 196 g/mol. The van der Waals surface area contributed by atoms with E-state index < -0.39 is 11.9 Å². The summed E-state index contributed by atoms with van der Waals surface area (Å²) in [4.78, 5) is 21.7. The fourth-order valence-corrected chi connectivity index (χ4v) is 0.835. The fraction of sp³-hybridized carbons (Fsp3) is 0.0909. The van der Waals surface area contributed by atoms with Crippen molar-refractivity contribution in [3.05, 3.63) is 47.7 Å². The van der Waals surface area contributed by atoms with E-state index in [2.05, 4.69) is 4.74 Å². The summed E-state index contributed by atoms with van der Waals surface area (Å²) in [6, 6.07) is 8.35. The highest BCUT2D eigenvalue weighted by Crippen LogP contribution is 2.02. The number of carboxylic acid groups (broad SMARTS) is 1. The maximum atomic E-state index is 11.3. The Balaban J connectivity index is 2.66. The molecular formula is C11H10O4. The summed E-state index contributed by atoms with van der Waals surface area (Å²) in [6.07, 6.45) is 0.928. The average molecular weight is 206 g/mol. The van der Waals surface area contributed by atoms with Gasteiger partial charge in [0, 0.05) is 0 Å². The van der Waals surface area contributed by atoms with Crippen LogP contribution in [-0.4, -0.2) is 17.0 Å². The maximum absolute atomic E-state index is 11.3. The maximum Gasteiger partial charge on any atom is 0.342 e. The van der Waals surface area contributed by atoms with Crippen molar-refractivity contribution in [1.82, 2.24) is 0 Å². The van der Waals surface area contributed by atoms with Crippen molar-refractivity contribution >= 4 is 11.9 Å². The lowest BCUT2D eigenvalue weighted by Crippen LogP contribution is -2.03. The zero-order chi connectivity index (χ0) is 11.3. The molecule has 0 aliphatic carbocycles. The Bertz CT molecular complexity index is 392. The Morgan fingerprint density at radius 3 is 2.40 bits per heavy atom. The Morgan fingerprint density at radius 2 is 1.87 bits per heavy atom. The summed E-state index contributed by atoms with van der Waals surface area (Å²) < 4.78 is 4.67. The smallest absolute Gasteiger partial charge is 0.342 e. The number of aliphatic carboxylic acids is 1. The van der Waals surface area contributed by atoms with Gasteiger partial charge in [-0.05, 0) is 19.1 Å². The summed E-state index contributed by atoms with van der Waals surface area (Å²) in [7, 11) is 0. The van der Waals surface area contributed by atoms with E-state index in [-0.39, 0.29) is 5.57 Å². The molecule has 0 unspecified atom stereocenters. The minimum atomic E-state index is -1.11. The summed E-state index contributed by atoms with van der Waals surface area (Å²) in [5, 5.41) is 8.51. The van der Waals surface area contributed by atoms with Gasteiger partial charge in [-0.3, -0.25) is 0 Å². The van der Waals surface area contributed by atoms with Crippen LogP contribution in [-0.2, 0) is 9.53 Å². The quantitative estimate of drug-likeness (QED) is 0.465. The molecule has 1 aromatic carbocycles. The molecule has 0 amide bonds. The van der Waals surface area contributed by atoms with Crippen molar-refractivity contribution in [3.8, 4) is 0 Å². The van der Waals surface area contributed by atoms with Crippen LogP contribution in [0.5, 0.6) is 0 Å². The highest BCUT2D eigenvalue weighted by atomic mass is 16.5. The molecule has 1 rings (SSSR count). The van der Waals surface area contributed by atoms with Crippen LogP contribution in [0.1, 0.15) is 17.3 Å². The predicted octanol–water partition coefficient (Wildman–Crippen LogP) is 1.83. The number of carboxylic acids is 1. The third-order valence-corrected chi connectivity index (χ3v) is 1.69. The minimum Gasteiger partial charge on any atom is -0.478 e. The van der Waals surface area contributed by atoms with Crippen molar-refractivity contribution < 1.29 is 19.4 Å². The van der Waals surface area contributed by atoms with E-state index in [0.29, 0.717) is 5.56 Å². The molecule has 4 heteroatoms. The van der Waals surface area contributed by atoms with E-state index in [9.17, 15) is 9.59 Å². The third kappa shape index (κ3) is 3.27. The second kappa shape index (κ2) is 4.95. The summed E-state index contributed by atoms with van der Waals surface area (Å²) >= 11 is 0. The van der Waals surface area contributed by atoms with Crippen LogP contribution >= 0.6 is 0 Å². The van der Waals surface area contributed by atoms with Crippen molar-refractivity contribution in [3.63, 3.8) is 0 Å². The van der Waals surface area contributed by atoms with Crippen LogP contribution in [0.15, 0.2) is 42.2 Å². The van der Waals surface area contributed by atoms with Crippen LogP contribution in [0.3, 0.4) is 0 Å². The minimum absolute atomic E-state index is 0.0284. The van der Waals surface area contributed by atoms with Gasteiger partial charge in [-0.15, -0.1) is 0 Å². The number of esters is 1. The first-order valence-electron chi connectivity index (χ1n) is 4.27. The van der Waals surface area contributed by atoms with Crippen molar-refractivity contribution in [1.29, 1.82) is 0 Å². The molecule has 1 N–H and O–H groups in total. The topological polar surface area (TPSA) is 63.6 Å². The Kier molecular flexibility index (Phi) is 3.62. The first-order chi connectivity index (χ1) is 7.11. The molecule has 0 aromatic heterocycles. The van der Waals surface area contributed by atoms with Crippen molar-refractivity contribution in [2.75, 3.05) is 0 Å². The highest BCUT2D eigenvalue weighted by Gasteiger charge is 2.06. The predicted molar refractivity (Wildman–Crippen MR) is 53.3 cm³/mol. The van der Waals surface area contributed by atoms with Gasteiger partial charge in [0.15, 0.2) is 0 Å². The Hall–Kier alpha value is -2.10. The number of hydrogen-bond donors (Lipinski definition) is 1. The van der Waals surface area contributed by atoms with Crippen LogP contribution in [0, 0.1) is 0 Å². The third-order valence-electron chi connectivity index (χ3n) is 1.69. The Morgan fingerprint density at radius 1 is 1.27 bits per heavy atom. The van der Waals surface area contributed by atoms with E-state index in [4.69, 9.17) is 5.11 Å². The average Bonchev–Trinajstić information content (AvgIpc) is 2.26. The van der Waals surface area contributed by atoms with Crippen LogP contribution in [0.25, 0.3) is 0 Å². The lowest BCUT2D eigenvalue weighted by Gasteiger charge is -1.99. The number of ether oxygens (including phenoxy) is 1. The molecule has 0 spiro atoms. The van der Waals surface area contributed by atoms with Gasteiger partial charge in [0.25, 0.3) is 0 Å². The standard InChI is InChI=1S/C11H10O4/c1-8(10(12)13)7-15-11(14)9-5-3-2-4-6-9/h2-7H,1H3,(H,12,13). The van der Waals surface area contributed by atoms with Gasteiger partial charge >= 0.3 is 11.9 Å². The molecule has 1 aromatic rings. The molecule has 0 aliphatic heterocycles. The monoisotopic (exact) mass is 206 g/mol. The molecule has 15 heavy (non-hydrogen) atoms. The van der Waals surface area contributed by atoms with E-state index >= 15 is 0 Å². The van der Waals surface area contributed by atoms with Crippen LogP contribution in [0.4, 0.5) is 0 Å². The summed E-state index contributed by atoms with van der Waals surface area (Å²) in [5.74, 6) is -1.69. The molecule has 0 aliphatic rings. The van der Waals surface area contributed by atoms with E-state index in [0.717, 1.165) is 6.26 Å². The lowest BCUT2D eigenvalue weighted by atomic mass is 10.2. The van der Waals surface area contributed by atoms with Crippen LogP contribution < -0.4 is 0 Å². The SMILES string of the molecule is CC(=COC(=O)c1ccccc1)C(=O)O. The second-order valence-electron chi connectivity index (χ2n) is 2.88. The zero-order valence-corrected chi connectivity index (χ0v) is 8.14. The first kappa shape index (κ1) is 11.0. The van der Waals surface area contributed by atoms with Gasteiger partial charge in [0.2, 0.25) is 0 Å². The number of hydrogen-bond acceptors (Lipinski definition) is 3. The molecule has 0 bridgehead atoms. The van der Waals surface area contributed by atoms with Gasteiger partial charge in [0.1, 0.15) is 6.26 Å². The summed E-state index contributed by atoms with van der Waals surface area (Å²) in [5.41, 5.74) is 0.353. The molecule has 0 saturated heterocycles. The number of benzene rings is 1. The lowest BCUT2D eigenvalue weighted by molar-refractivity contribution is -0.132. The van der Waals surface area contributed by atoms with Gasteiger partial charge in [-0.1, -0.05) is 18.2 Å². The summed E-state index contributed by atoms with van der Waals surface area (Å²) in [6.45, 7) is 1.35. The zero-order valence-electron chi connectivity index (χ0n) is 8.14. The van der Waals surface area contributed by atoms with Gasteiger partial charge in [0.05, 0.1) is 11.1 Å². The van der Waals surface area contributed by atoms with Gasteiger partial charge < -0.3 is 9.84 Å². The normalized spacial score (nSPS) is 10.9. The number of carbonyl (C=O) groups is 2. The molecule has 4 nitrogen and oxygen atoms in total. The molecule has 0 radical (unpaired) electrons. The van der Waals surface area contributed by atoms with Gasteiger partial charge in [-0.2, -0.15) is 0 Å². The van der Waals surface area contributed by atoms with E-state index in [1.807, 2.05) is 0 Å².